The maximum Gasteiger partial charge on any atom is 0.308 e. The number of carbonyl (C=O) groups is 2. The predicted molar refractivity (Wildman–Crippen MR) is 73.2 cm³/mol. The first kappa shape index (κ1) is 14.8. The maximum absolute atomic E-state index is 11.3. The summed E-state index contributed by atoms with van der Waals surface area (Å²) in [7, 11) is 1.39. The Hall–Kier alpha value is -2.61. The number of primary amides is 1. The molecular weight excluding hydrogens is 300 g/mol. The van der Waals surface area contributed by atoms with Gasteiger partial charge in [-0.2, -0.15) is 15.4 Å². The molecule has 110 valence electrons. The number of hydrogen-bond acceptors (Lipinski definition) is 6. The largest absolute Gasteiger partial charge is 0.493 e. The molecule has 9 heteroatoms. The number of ether oxygens (including phenoxy) is 2. The second-order valence-electron chi connectivity index (χ2n) is 3.97. The van der Waals surface area contributed by atoms with E-state index in [-0.39, 0.29) is 27.9 Å². The Kier molecular flexibility index (Phi) is 4.08. The highest BCUT2D eigenvalue weighted by Crippen LogP contribution is 2.39. The van der Waals surface area contributed by atoms with Gasteiger partial charge < -0.3 is 15.2 Å². The molecule has 2 rings (SSSR count). The molecule has 0 aliphatic carbocycles. The predicted octanol–water partition coefficient (Wildman–Crippen LogP) is 1.16. The van der Waals surface area contributed by atoms with Crippen molar-refractivity contribution in [1.29, 1.82) is 0 Å². The minimum absolute atomic E-state index is 0.0339. The van der Waals surface area contributed by atoms with Crippen LogP contribution in [0, 0.1) is 0 Å². The van der Waals surface area contributed by atoms with E-state index < -0.39 is 11.9 Å². The number of rotatable bonds is 4. The summed E-state index contributed by atoms with van der Waals surface area (Å²) < 4.78 is 10.1. The summed E-state index contributed by atoms with van der Waals surface area (Å²) in [5.41, 5.74) is 5.83. The van der Waals surface area contributed by atoms with Gasteiger partial charge in [-0.05, 0) is 12.1 Å². The topological polar surface area (TPSA) is 120 Å². The molecule has 0 saturated heterocycles. The third-order valence-corrected chi connectivity index (χ3v) is 2.81. The lowest BCUT2D eigenvalue weighted by molar-refractivity contribution is -0.132. The van der Waals surface area contributed by atoms with Crippen LogP contribution in [-0.2, 0) is 4.79 Å². The van der Waals surface area contributed by atoms with E-state index in [1.807, 2.05) is 0 Å². The fourth-order valence-corrected chi connectivity index (χ4v) is 1.95. The van der Waals surface area contributed by atoms with E-state index in [2.05, 4.69) is 15.4 Å². The van der Waals surface area contributed by atoms with E-state index in [1.165, 1.54) is 26.2 Å². The van der Waals surface area contributed by atoms with Gasteiger partial charge in [-0.3, -0.25) is 9.59 Å². The zero-order valence-corrected chi connectivity index (χ0v) is 11.9. The molecule has 0 atom stereocenters. The second kappa shape index (κ2) is 5.80. The number of H-pyrrole nitrogens is 1. The average molecular weight is 311 g/mol. The highest BCUT2D eigenvalue weighted by molar-refractivity contribution is 6.32. The molecule has 0 bridgehead atoms. The molecule has 0 aliphatic rings. The van der Waals surface area contributed by atoms with Gasteiger partial charge in [-0.25, -0.2) is 0 Å². The Morgan fingerprint density at radius 2 is 2.05 bits per heavy atom. The van der Waals surface area contributed by atoms with Crippen LogP contribution in [0.25, 0.3) is 11.3 Å². The molecule has 3 N–H and O–H groups in total. The van der Waals surface area contributed by atoms with Crippen LogP contribution in [0.4, 0.5) is 0 Å². The molecule has 0 saturated carbocycles. The normalized spacial score (nSPS) is 10.2. The quantitative estimate of drug-likeness (QED) is 0.645. The molecular formula is C12H11ClN4O4. The van der Waals surface area contributed by atoms with Crippen LogP contribution in [0.2, 0.25) is 5.02 Å². The molecule has 1 aromatic carbocycles. The first-order chi connectivity index (χ1) is 9.93. The molecule has 1 amide bonds. The number of aromatic nitrogens is 3. The van der Waals surface area contributed by atoms with Crippen molar-refractivity contribution in [3.05, 3.63) is 22.8 Å². The SMILES string of the molecule is COc1cc(-c2n[nH]nc2C(N)=O)cc(Cl)c1OC(C)=O. The zero-order valence-electron chi connectivity index (χ0n) is 11.1. The van der Waals surface area contributed by atoms with Gasteiger partial charge in [0.25, 0.3) is 5.91 Å². The number of aromatic amines is 1. The molecule has 8 nitrogen and oxygen atoms in total. The third kappa shape index (κ3) is 2.95. The summed E-state index contributed by atoms with van der Waals surface area (Å²) in [5, 5.41) is 9.96. The number of carbonyl (C=O) groups excluding carboxylic acids is 2. The standard InChI is InChI=1S/C12H11ClN4O4/c1-5(18)21-11-7(13)3-6(4-8(11)20-2)9-10(12(14)19)16-17-15-9/h3-4H,1-2H3,(H2,14,19)(H,15,16,17). The van der Waals surface area contributed by atoms with Crippen LogP contribution < -0.4 is 15.2 Å². The lowest BCUT2D eigenvalue weighted by atomic mass is 10.1. The number of nitrogens with two attached hydrogens (primary N) is 1. The number of methoxy groups -OCH3 is 1. The Labute approximate surface area is 124 Å². The molecule has 0 spiro atoms. The number of nitrogens with zero attached hydrogens (tertiary/aromatic N) is 2. The molecule has 0 fully saturated rings. The van der Waals surface area contributed by atoms with Crippen molar-refractivity contribution in [1.82, 2.24) is 15.4 Å². The minimum atomic E-state index is -0.738. The van der Waals surface area contributed by atoms with Gasteiger partial charge in [-0.15, -0.1) is 0 Å². The van der Waals surface area contributed by atoms with Crippen LogP contribution in [0.15, 0.2) is 12.1 Å². The van der Waals surface area contributed by atoms with Gasteiger partial charge in [0, 0.05) is 12.5 Å². The summed E-state index contributed by atoms with van der Waals surface area (Å²) in [6.45, 7) is 1.24. The number of hydrogen-bond donors (Lipinski definition) is 2. The van der Waals surface area contributed by atoms with Crippen molar-refractivity contribution >= 4 is 23.5 Å². The van der Waals surface area contributed by atoms with Crippen LogP contribution >= 0.6 is 11.6 Å². The molecule has 21 heavy (non-hydrogen) atoms. The number of amides is 1. The Balaban J connectivity index is 2.56. The third-order valence-electron chi connectivity index (χ3n) is 2.53. The molecule has 1 heterocycles. The lowest BCUT2D eigenvalue weighted by Crippen LogP contribution is -2.12. The average Bonchev–Trinajstić information content (AvgIpc) is 2.89. The van der Waals surface area contributed by atoms with E-state index in [4.69, 9.17) is 26.8 Å². The monoisotopic (exact) mass is 310 g/mol. The molecule has 0 radical (unpaired) electrons. The number of esters is 1. The van der Waals surface area contributed by atoms with Crippen molar-refractivity contribution < 1.29 is 19.1 Å². The Morgan fingerprint density at radius 1 is 1.33 bits per heavy atom. The summed E-state index contributed by atoms with van der Waals surface area (Å²) in [5.74, 6) is -0.981. The zero-order chi connectivity index (χ0) is 15.6. The van der Waals surface area contributed by atoms with E-state index in [0.717, 1.165) is 0 Å². The van der Waals surface area contributed by atoms with Crippen molar-refractivity contribution in [2.75, 3.05) is 7.11 Å². The maximum atomic E-state index is 11.3. The summed E-state index contributed by atoms with van der Waals surface area (Å²) in [4.78, 5) is 22.3. The lowest BCUT2D eigenvalue weighted by Gasteiger charge is -2.11. The fraction of sp³-hybridized carbons (Fsp3) is 0.167. The highest BCUT2D eigenvalue weighted by atomic mass is 35.5. The van der Waals surface area contributed by atoms with Crippen LogP contribution in [0.3, 0.4) is 0 Å². The van der Waals surface area contributed by atoms with E-state index >= 15 is 0 Å². The van der Waals surface area contributed by atoms with Gasteiger partial charge in [-0.1, -0.05) is 11.6 Å². The van der Waals surface area contributed by atoms with Crippen molar-refractivity contribution in [3.63, 3.8) is 0 Å². The molecule has 0 unspecified atom stereocenters. The van der Waals surface area contributed by atoms with Crippen molar-refractivity contribution in [2.24, 2.45) is 5.73 Å². The van der Waals surface area contributed by atoms with E-state index in [0.29, 0.717) is 5.56 Å². The van der Waals surface area contributed by atoms with Crippen LogP contribution in [0.1, 0.15) is 17.4 Å². The Morgan fingerprint density at radius 3 is 2.62 bits per heavy atom. The van der Waals surface area contributed by atoms with E-state index in [1.54, 1.807) is 0 Å². The van der Waals surface area contributed by atoms with Crippen LogP contribution in [0.5, 0.6) is 11.5 Å². The van der Waals surface area contributed by atoms with Crippen molar-refractivity contribution in [2.45, 2.75) is 6.92 Å². The van der Waals surface area contributed by atoms with Gasteiger partial charge in [0.2, 0.25) is 0 Å². The first-order valence-electron chi connectivity index (χ1n) is 5.71. The molecule has 0 aliphatic heterocycles. The number of nitrogens with one attached hydrogen (secondary N) is 1. The summed E-state index contributed by atoms with van der Waals surface area (Å²) in [6.07, 6.45) is 0. The van der Waals surface area contributed by atoms with Gasteiger partial charge in [0.1, 0.15) is 5.69 Å². The summed E-state index contributed by atoms with van der Waals surface area (Å²) in [6, 6.07) is 2.97. The first-order valence-corrected chi connectivity index (χ1v) is 6.08. The second-order valence-corrected chi connectivity index (χ2v) is 4.38. The smallest absolute Gasteiger partial charge is 0.308 e. The van der Waals surface area contributed by atoms with Gasteiger partial charge >= 0.3 is 5.97 Å². The minimum Gasteiger partial charge on any atom is -0.493 e. The highest BCUT2D eigenvalue weighted by Gasteiger charge is 2.20. The van der Waals surface area contributed by atoms with Crippen molar-refractivity contribution in [3.8, 4) is 22.8 Å². The fourth-order valence-electron chi connectivity index (χ4n) is 1.70. The van der Waals surface area contributed by atoms with E-state index in [9.17, 15) is 9.59 Å². The number of halogens is 1. The van der Waals surface area contributed by atoms with Gasteiger partial charge in [0.15, 0.2) is 17.2 Å². The van der Waals surface area contributed by atoms with Gasteiger partial charge in [0.05, 0.1) is 12.1 Å². The Bertz CT molecular complexity index is 713. The molecule has 2 aromatic rings. The summed E-state index contributed by atoms with van der Waals surface area (Å²) >= 11 is 6.07. The molecule has 1 aromatic heterocycles. The van der Waals surface area contributed by atoms with Crippen LogP contribution in [-0.4, -0.2) is 34.4 Å². The number of benzene rings is 1.